The normalized spacial score (nSPS) is 15.4. The minimum absolute atomic E-state index is 0. The summed E-state index contributed by atoms with van der Waals surface area (Å²) < 4.78 is 0. The quantitative estimate of drug-likeness (QED) is 0.224. The Morgan fingerprint density at radius 3 is 1.53 bits per heavy atom. The van der Waals surface area contributed by atoms with Crippen LogP contribution in [0, 0.1) is 0 Å². The molecule has 1 aliphatic carbocycles. The van der Waals surface area contributed by atoms with E-state index >= 15 is 0 Å². The molecule has 4 rings (SSSR count). The number of allylic oxidation sites excluding steroid dienone is 4. The van der Waals surface area contributed by atoms with Crippen LogP contribution < -0.4 is 15.9 Å². The Labute approximate surface area is 216 Å². The van der Waals surface area contributed by atoms with Gasteiger partial charge in [0, 0.05) is 24.9 Å². The van der Waals surface area contributed by atoms with Crippen molar-refractivity contribution in [3.8, 4) is 0 Å². The molecule has 166 valence electrons. The van der Waals surface area contributed by atoms with Crippen molar-refractivity contribution in [2.75, 3.05) is 0 Å². The Kier molecular flexibility index (Phi) is 7.90. The van der Waals surface area contributed by atoms with Crippen molar-refractivity contribution in [3.63, 3.8) is 0 Å². The summed E-state index contributed by atoms with van der Waals surface area (Å²) in [7, 11) is -0.798. The Balaban J connectivity index is 0.00000289. The minimum Gasteiger partial charge on any atom is -0.0827 e. The molecular weight excluding hydrogens is 539 g/mol. The molecule has 32 heavy (non-hydrogen) atoms. The molecule has 0 radical (unpaired) electrons. The molecule has 0 saturated carbocycles. The molecule has 0 aliphatic heterocycles. The summed E-state index contributed by atoms with van der Waals surface area (Å²) in [4.78, 5) is 0. The second-order valence-corrected chi connectivity index (χ2v) is 11.4. The summed E-state index contributed by atoms with van der Waals surface area (Å²) in [6, 6.07) is 25.7. The van der Waals surface area contributed by atoms with Crippen molar-refractivity contribution in [1.29, 1.82) is 0 Å². The summed E-state index contributed by atoms with van der Waals surface area (Å²) in [6.45, 7) is 11.2. The van der Waals surface area contributed by atoms with E-state index in [1.54, 1.807) is 0 Å². The van der Waals surface area contributed by atoms with Crippen molar-refractivity contribution in [2.45, 2.75) is 40.0 Å². The van der Waals surface area contributed by atoms with E-state index in [4.69, 9.17) is 23.2 Å². The van der Waals surface area contributed by atoms with Gasteiger partial charge in [0.25, 0.3) is 0 Å². The number of hydrogen-bond donors (Lipinski definition) is 0. The van der Waals surface area contributed by atoms with Crippen LogP contribution >= 0.6 is 31.1 Å². The summed E-state index contributed by atoms with van der Waals surface area (Å²) in [6.07, 6.45) is 0. The predicted octanol–water partition coefficient (Wildman–Crippen LogP) is 7.69. The number of halogens is 2. The fourth-order valence-corrected chi connectivity index (χ4v) is 7.91. The van der Waals surface area contributed by atoms with E-state index in [0.29, 0.717) is 10.0 Å². The molecule has 3 aromatic rings. The molecule has 0 fully saturated rings. The van der Waals surface area contributed by atoms with Crippen LogP contribution in [0.15, 0.2) is 95.1 Å². The average molecular weight is 566 g/mol. The van der Waals surface area contributed by atoms with Crippen molar-refractivity contribution >= 4 is 47.0 Å². The van der Waals surface area contributed by atoms with E-state index in [2.05, 4.69) is 101 Å². The Bertz CT molecular complexity index is 1130. The SMILES string of the molecule is CC1=C(C)C(C)(c2c(P(c3ccccc3)c3ccccc3)ccc(Cl)c2Cl)C(C)=C1C.[Ru]. The predicted molar refractivity (Wildman–Crippen MR) is 139 cm³/mol. The first-order valence-electron chi connectivity index (χ1n) is 10.5. The van der Waals surface area contributed by atoms with Gasteiger partial charge in [-0.1, -0.05) is 101 Å². The Hall–Kier alpha value is -1.23. The minimum atomic E-state index is -0.798. The topological polar surface area (TPSA) is 0 Å². The second-order valence-electron chi connectivity index (χ2n) is 8.39. The van der Waals surface area contributed by atoms with Crippen LogP contribution in [0.4, 0.5) is 0 Å². The van der Waals surface area contributed by atoms with Crippen molar-refractivity contribution < 1.29 is 19.5 Å². The van der Waals surface area contributed by atoms with Gasteiger partial charge in [0.05, 0.1) is 10.0 Å². The van der Waals surface area contributed by atoms with Gasteiger partial charge in [0.1, 0.15) is 0 Å². The van der Waals surface area contributed by atoms with Gasteiger partial charge in [0.2, 0.25) is 0 Å². The largest absolute Gasteiger partial charge is 0.0827 e. The van der Waals surface area contributed by atoms with Gasteiger partial charge >= 0.3 is 0 Å². The zero-order valence-corrected chi connectivity index (χ0v) is 23.1. The summed E-state index contributed by atoms with van der Waals surface area (Å²) in [5, 5.41) is 5.16. The fourth-order valence-electron chi connectivity index (χ4n) is 4.75. The van der Waals surface area contributed by atoms with E-state index in [-0.39, 0.29) is 24.9 Å². The molecule has 4 heteroatoms. The molecular formula is C28H27Cl2PRu. The molecule has 0 nitrogen and oxygen atoms in total. The first-order chi connectivity index (χ1) is 14.8. The molecule has 0 amide bonds. The number of hydrogen-bond acceptors (Lipinski definition) is 0. The van der Waals surface area contributed by atoms with E-state index in [9.17, 15) is 0 Å². The van der Waals surface area contributed by atoms with Crippen LogP contribution in [0.25, 0.3) is 0 Å². The van der Waals surface area contributed by atoms with Crippen LogP contribution in [0.3, 0.4) is 0 Å². The van der Waals surface area contributed by atoms with E-state index < -0.39 is 7.92 Å². The first kappa shape index (κ1) is 25.4. The van der Waals surface area contributed by atoms with E-state index in [0.717, 1.165) is 5.56 Å². The monoisotopic (exact) mass is 566 g/mol. The van der Waals surface area contributed by atoms with Crippen LogP contribution in [0.2, 0.25) is 10.0 Å². The third kappa shape index (κ3) is 4.08. The van der Waals surface area contributed by atoms with Crippen LogP contribution in [0.1, 0.15) is 40.2 Å². The van der Waals surface area contributed by atoms with Crippen molar-refractivity contribution in [2.24, 2.45) is 0 Å². The van der Waals surface area contributed by atoms with Crippen molar-refractivity contribution in [3.05, 3.63) is 111 Å². The average Bonchev–Trinajstić information content (AvgIpc) is 2.94. The molecule has 0 atom stereocenters. The summed E-state index contributed by atoms with van der Waals surface area (Å²) in [5.74, 6) is 0. The van der Waals surface area contributed by atoms with Crippen LogP contribution in [0.5, 0.6) is 0 Å². The molecule has 0 saturated heterocycles. The molecule has 0 aromatic heterocycles. The summed E-state index contributed by atoms with van der Waals surface area (Å²) in [5.41, 5.74) is 6.27. The van der Waals surface area contributed by atoms with E-state index in [1.807, 2.05) is 6.07 Å². The molecule has 3 aromatic carbocycles. The first-order valence-corrected chi connectivity index (χ1v) is 12.6. The molecule has 1 aliphatic rings. The van der Waals surface area contributed by atoms with Crippen LogP contribution in [-0.2, 0) is 24.9 Å². The zero-order chi connectivity index (χ0) is 22.3. The molecule has 0 unspecified atom stereocenters. The summed E-state index contributed by atoms with van der Waals surface area (Å²) >= 11 is 13.7. The third-order valence-electron chi connectivity index (χ3n) is 7.03. The van der Waals surface area contributed by atoms with Gasteiger partial charge in [0.15, 0.2) is 0 Å². The Morgan fingerprint density at radius 1 is 0.656 bits per heavy atom. The maximum atomic E-state index is 7.05. The maximum absolute atomic E-state index is 7.05. The van der Waals surface area contributed by atoms with Gasteiger partial charge in [-0.25, -0.2) is 0 Å². The third-order valence-corrected chi connectivity index (χ3v) is 10.3. The Morgan fingerprint density at radius 2 is 1.09 bits per heavy atom. The van der Waals surface area contributed by atoms with E-state index in [1.165, 1.54) is 38.2 Å². The molecule has 0 spiro atoms. The second kappa shape index (κ2) is 9.95. The van der Waals surface area contributed by atoms with Crippen molar-refractivity contribution in [1.82, 2.24) is 0 Å². The van der Waals surface area contributed by atoms with Gasteiger partial charge in [-0.3, -0.25) is 0 Å². The maximum Gasteiger partial charge on any atom is 0.0643 e. The zero-order valence-electron chi connectivity index (χ0n) is 19.0. The fraction of sp³-hybridized carbons (Fsp3) is 0.214. The smallest absolute Gasteiger partial charge is 0.0643 e. The van der Waals surface area contributed by atoms with Crippen LogP contribution in [-0.4, -0.2) is 0 Å². The van der Waals surface area contributed by atoms with Gasteiger partial charge < -0.3 is 0 Å². The van der Waals surface area contributed by atoms with Gasteiger partial charge in [-0.2, -0.15) is 0 Å². The molecule has 0 heterocycles. The van der Waals surface area contributed by atoms with Gasteiger partial charge in [-0.15, -0.1) is 0 Å². The number of rotatable bonds is 4. The number of benzene rings is 3. The molecule has 0 N–H and O–H groups in total. The molecule has 0 bridgehead atoms. The van der Waals surface area contributed by atoms with Gasteiger partial charge in [-0.05, 0) is 81.2 Å². The standard InChI is InChI=1S/C28H27Cl2P.Ru/c1-18-19(2)21(4)28(5,20(18)3)26-25(17-16-24(29)27(26)30)31(22-12-8-6-9-13-22)23-14-10-7-11-15-23;/h6-17H,1-5H3;.